The van der Waals surface area contributed by atoms with Crippen molar-refractivity contribution in [3.8, 4) is 11.5 Å². The molecule has 2 heterocycles. The molecular formula is C20H20ClN5O2. The van der Waals surface area contributed by atoms with Gasteiger partial charge in [-0.3, -0.25) is 4.79 Å². The summed E-state index contributed by atoms with van der Waals surface area (Å²) >= 11 is 6.13. The van der Waals surface area contributed by atoms with E-state index in [1.165, 1.54) is 0 Å². The highest BCUT2D eigenvalue weighted by Gasteiger charge is 2.18. The maximum atomic E-state index is 12.4. The molecule has 1 aromatic heterocycles. The molecule has 0 radical (unpaired) electrons. The van der Waals surface area contributed by atoms with Gasteiger partial charge in [-0.2, -0.15) is 0 Å². The fourth-order valence-corrected chi connectivity index (χ4v) is 3.28. The van der Waals surface area contributed by atoms with Crippen molar-refractivity contribution in [1.82, 2.24) is 15.1 Å². The molecule has 4 rings (SSSR count). The van der Waals surface area contributed by atoms with Gasteiger partial charge in [-0.15, -0.1) is 10.2 Å². The number of halogens is 1. The second-order valence-electron chi connectivity index (χ2n) is 6.68. The first-order chi connectivity index (χ1) is 13.6. The highest BCUT2D eigenvalue weighted by atomic mass is 35.5. The number of carbonyl (C=O) groups is 1. The number of hydrogen-bond donors (Lipinski definition) is 1. The lowest BCUT2D eigenvalue weighted by Crippen LogP contribution is -2.44. The quantitative estimate of drug-likeness (QED) is 0.727. The van der Waals surface area contributed by atoms with Crippen LogP contribution in [0.1, 0.15) is 10.7 Å². The van der Waals surface area contributed by atoms with Gasteiger partial charge >= 0.3 is 11.8 Å². The van der Waals surface area contributed by atoms with E-state index in [-0.39, 0.29) is 11.8 Å². The normalized spacial score (nSPS) is 14.9. The number of aromatic nitrogens is 2. The molecule has 144 valence electrons. The maximum absolute atomic E-state index is 12.4. The average Bonchev–Trinajstić information content (AvgIpc) is 3.20. The zero-order valence-electron chi connectivity index (χ0n) is 15.4. The van der Waals surface area contributed by atoms with E-state index in [0.717, 1.165) is 31.9 Å². The van der Waals surface area contributed by atoms with Crippen LogP contribution < -0.4 is 10.2 Å². The van der Waals surface area contributed by atoms with Gasteiger partial charge in [0.1, 0.15) is 0 Å². The van der Waals surface area contributed by atoms with Gasteiger partial charge in [-0.25, -0.2) is 0 Å². The number of carbonyl (C=O) groups excluding carboxylic acids is 1. The fraction of sp³-hybridized carbons (Fsp3) is 0.250. The second kappa shape index (κ2) is 8.00. The zero-order valence-corrected chi connectivity index (χ0v) is 16.2. The monoisotopic (exact) mass is 397 g/mol. The first kappa shape index (κ1) is 18.5. The van der Waals surface area contributed by atoms with E-state index >= 15 is 0 Å². The van der Waals surface area contributed by atoms with Crippen molar-refractivity contribution < 1.29 is 9.21 Å². The van der Waals surface area contributed by atoms with Crippen LogP contribution >= 0.6 is 11.6 Å². The van der Waals surface area contributed by atoms with Crippen molar-refractivity contribution >= 4 is 28.9 Å². The highest BCUT2D eigenvalue weighted by molar-refractivity contribution is 6.33. The van der Waals surface area contributed by atoms with Gasteiger partial charge < -0.3 is 19.5 Å². The highest BCUT2D eigenvalue weighted by Crippen LogP contribution is 2.26. The smallest absolute Gasteiger partial charge is 0.313 e. The summed E-state index contributed by atoms with van der Waals surface area (Å²) in [6.07, 6.45) is 0. The van der Waals surface area contributed by atoms with Crippen LogP contribution in [-0.4, -0.2) is 54.2 Å². The van der Waals surface area contributed by atoms with E-state index in [2.05, 4.69) is 32.4 Å². The van der Waals surface area contributed by atoms with E-state index in [1.54, 1.807) is 12.1 Å². The van der Waals surface area contributed by atoms with Crippen molar-refractivity contribution in [2.24, 2.45) is 0 Å². The van der Waals surface area contributed by atoms with E-state index in [0.29, 0.717) is 16.3 Å². The predicted molar refractivity (Wildman–Crippen MR) is 109 cm³/mol. The van der Waals surface area contributed by atoms with Crippen molar-refractivity contribution in [2.45, 2.75) is 0 Å². The SMILES string of the molecule is CN1CCN(c2ccc(NC(=O)c3nnc(-c4ccccc4Cl)o3)cc2)CC1. The third kappa shape index (κ3) is 4.00. The third-order valence-electron chi connectivity index (χ3n) is 4.72. The molecule has 0 aliphatic carbocycles. The summed E-state index contributed by atoms with van der Waals surface area (Å²) in [6.45, 7) is 4.08. The van der Waals surface area contributed by atoms with Crippen molar-refractivity contribution in [2.75, 3.05) is 43.4 Å². The molecule has 1 aliphatic rings. The number of likely N-dealkylation sites (N-methyl/N-ethyl adjacent to an activating group) is 1. The Labute approximate surface area is 167 Å². The summed E-state index contributed by atoms with van der Waals surface area (Å²) in [5.41, 5.74) is 2.40. The maximum Gasteiger partial charge on any atom is 0.313 e. The Balaban J connectivity index is 1.42. The largest absolute Gasteiger partial charge is 0.412 e. The Kier molecular flexibility index (Phi) is 5.27. The molecule has 0 bridgehead atoms. The molecule has 1 saturated heterocycles. The summed E-state index contributed by atoms with van der Waals surface area (Å²) in [5, 5.41) is 11.0. The van der Waals surface area contributed by atoms with Crippen LogP contribution in [0.2, 0.25) is 5.02 Å². The molecule has 7 nitrogen and oxygen atoms in total. The molecule has 1 fully saturated rings. The van der Waals surface area contributed by atoms with Gasteiger partial charge in [0.2, 0.25) is 5.89 Å². The zero-order chi connectivity index (χ0) is 19.5. The number of nitrogens with one attached hydrogen (secondary N) is 1. The summed E-state index contributed by atoms with van der Waals surface area (Å²) in [6, 6.07) is 14.9. The van der Waals surface area contributed by atoms with Gasteiger partial charge in [-0.1, -0.05) is 23.7 Å². The molecule has 3 aromatic rings. The number of benzene rings is 2. The number of amides is 1. The molecule has 1 aliphatic heterocycles. The minimum atomic E-state index is -0.460. The van der Waals surface area contributed by atoms with Crippen LogP contribution in [-0.2, 0) is 0 Å². The summed E-state index contributed by atoms with van der Waals surface area (Å²) in [4.78, 5) is 17.1. The first-order valence-corrected chi connectivity index (χ1v) is 9.41. The van der Waals surface area contributed by atoms with E-state index in [4.69, 9.17) is 16.0 Å². The van der Waals surface area contributed by atoms with Crippen molar-refractivity contribution in [3.05, 3.63) is 59.4 Å². The minimum Gasteiger partial charge on any atom is -0.412 e. The first-order valence-electron chi connectivity index (χ1n) is 9.03. The Hall–Kier alpha value is -2.90. The van der Waals surface area contributed by atoms with Crippen LogP contribution in [0.25, 0.3) is 11.5 Å². The molecule has 2 aromatic carbocycles. The third-order valence-corrected chi connectivity index (χ3v) is 5.05. The van der Waals surface area contributed by atoms with Crippen molar-refractivity contribution in [1.29, 1.82) is 0 Å². The molecular weight excluding hydrogens is 378 g/mol. The van der Waals surface area contributed by atoms with Gasteiger partial charge in [0.05, 0.1) is 10.6 Å². The standard InChI is InChI=1S/C20H20ClN5O2/c1-25-10-12-26(13-11-25)15-8-6-14(7-9-15)22-18(27)20-24-23-19(28-20)16-4-2-3-5-17(16)21/h2-9H,10-13H2,1H3,(H,22,27). The topological polar surface area (TPSA) is 74.5 Å². The van der Waals surface area contributed by atoms with Crippen molar-refractivity contribution in [3.63, 3.8) is 0 Å². The summed E-state index contributed by atoms with van der Waals surface area (Å²) in [5.74, 6) is -0.364. The fourth-order valence-electron chi connectivity index (χ4n) is 3.06. The van der Waals surface area contributed by atoms with E-state index in [1.807, 2.05) is 36.4 Å². The Morgan fingerprint density at radius 1 is 1.04 bits per heavy atom. The van der Waals surface area contributed by atoms with Crippen LogP contribution in [0.5, 0.6) is 0 Å². The van der Waals surface area contributed by atoms with E-state index in [9.17, 15) is 4.79 Å². The number of piperazine rings is 1. The Morgan fingerprint density at radius 2 is 1.75 bits per heavy atom. The van der Waals surface area contributed by atoms with Crippen LogP contribution in [0, 0.1) is 0 Å². The lowest BCUT2D eigenvalue weighted by Gasteiger charge is -2.34. The molecule has 1 amide bonds. The molecule has 1 N–H and O–H groups in total. The summed E-state index contributed by atoms with van der Waals surface area (Å²) in [7, 11) is 2.13. The number of rotatable bonds is 4. The van der Waals surface area contributed by atoms with Gasteiger partial charge in [0.25, 0.3) is 0 Å². The molecule has 8 heteroatoms. The summed E-state index contributed by atoms with van der Waals surface area (Å²) < 4.78 is 5.48. The van der Waals surface area contributed by atoms with Crippen LogP contribution in [0.4, 0.5) is 11.4 Å². The second-order valence-corrected chi connectivity index (χ2v) is 7.09. The molecule has 0 spiro atoms. The van der Waals surface area contributed by atoms with Gasteiger partial charge in [-0.05, 0) is 43.4 Å². The van der Waals surface area contributed by atoms with E-state index < -0.39 is 5.91 Å². The Morgan fingerprint density at radius 3 is 2.46 bits per heavy atom. The average molecular weight is 398 g/mol. The number of hydrogen-bond acceptors (Lipinski definition) is 6. The lowest BCUT2D eigenvalue weighted by molar-refractivity contribution is 0.0991. The molecule has 0 saturated carbocycles. The lowest BCUT2D eigenvalue weighted by atomic mass is 10.2. The molecule has 28 heavy (non-hydrogen) atoms. The Bertz CT molecular complexity index is 965. The molecule has 0 atom stereocenters. The van der Waals surface area contributed by atoms with Gasteiger partial charge in [0, 0.05) is 37.6 Å². The van der Waals surface area contributed by atoms with Crippen LogP contribution in [0.15, 0.2) is 52.9 Å². The van der Waals surface area contributed by atoms with Crippen LogP contribution in [0.3, 0.4) is 0 Å². The van der Waals surface area contributed by atoms with Gasteiger partial charge in [0.15, 0.2) is 0 Å². The predicted octanol–water partition coefficient (Wildman–Crippen LogP) is 3.39. The number of anilines is 2. The minimum absolute atomic E-state index is 0.113. The number of nitrogens with zero attached hydrogens (tertiary/aromatic N) is 4. The molecule has 0 unspecified atom stereocenters.